The molecule has 1 aromatic rings. The molecule has 1 aromatic carbocycles. The van der Waals surface area contributed by atoms with Gasteiger partial charge in [0.15, 0.2) is 6.04 Å². The van der Waals surface area contributed by atoms with E-state index in [1.807, 2.05) is 5.32 Å². The van der Waals surface area contributed by atoms with Gasteiger partial charge in [0.2, 0.25) is 5.91 Å². The molecule has 152 valence electrons. The van der Waals surface area contributed by atoms with E-state index < -0.39 is 41.8 Å². The van der Waals surface area contributed by atoms with Crippen LogP contribution in [0.15, 0.2) is 18.2 Å². The maximum absolute atomic E-state index is 13.5. The molecule has 10 nitrogen and oxygen atoms in total. The van der Waals surface area contributed by atoms with Crippen molar-refractivity contribution in [2.75, 3.05) is 37.0 Å². The van der Waals surface area contributed by atoms with E-state index in [2.05, 4.69) is 10.6 Å². The summed E-state index contributed by atoms with van der Waals surface area (Å²) in [6.07, 6.45) is -2.93. The lowest BCUT2D eigenvalue weighted by atomic mass is 10.1. The van der Waals surface area contributed by atoms with Crippen molar-refractivity contribution in [3.05, 3.63) is 23.8 Å². The first kappa shape index (κ1) is 21.0. The van der Waals surface area contributed by atoms with Crippen LogP contribution in [0.3, 0.4) is 0 Å². The average molecular weight is 399 g/mol. The van der Waals surface area contributed by atoms with Gasteiger partial charge < -0.3 is 31.3 Å². The van der Waals surface area contributed by atoms with Gasteiger partial charge in [-0.15, -0.1) is 0 Å². The molecule has 1 atom stereocenters. The second-order valence-electron chi connectivity index (χ2n) is 5.72. The molecule has 1 saturated heterocycles. The average Bonchev–Trinajstić information content (AvgIpc) is 2.66. The van der Waals surface area contributed by atoms with Gasteiger partial charge in [0.1, 0.15) is 6.61 Å². The number of urea groups is 1. The molecule has 12 heteroatoms. The summed E-state index contributed by atoms with van der Waals surface area (Å²) in [5.41, 5.74) is 4.54. The highest BCUT2D eigenvalue weighted by Gasteiger charge is 2.28. The number of alkyl halides is 2. The van der Waals surface area contributed by atoms with Crippen molar-refractivity contribution in [2.24, 2.45) is 5.73 Å². The molecule has 1 aliphatic heterocycles. The third-order valence-electron chi connectivity index (χ3n) is 3.86. The predicted molar refractivity (Wildman–Crippen MR) is 93.8 cm³/mol. The summed E-state index contributed by atoms with van der Waals surface area (Å²) >= 11 is 0. The maximum Gasteiger partial charge on any atom is 0.315 e. The summed E-state index contributed by atoms with van der Waals surface area (Å²) in [5, 5.41) is 6.44. The number of carbonyl (C=O) groups is 4. The van der Waals surface area contributed by atoms with Crippen molar-refractivity contribution >= 4 is 35.1 Å². The van der Waals surface area contributed by atoms with Gasteiger partial charge in [-0.1, -0.05) is 0 Å². The van der Waals surface area contributed by atoms with Crippen LogP contribution in [0.25, 0.3) is 0 Å². The zero-order valence-corrected chi connectivity index (χ0v) is 14.8. The number of rotatable bonds is 6. The van der Waals surface area contributed by atoms with Crippen LogP contribution in [0.4, 0.5) is 25.0 Å². The Labute approximate surface area is 158 Å². The third kappa shape index (κ3) is 4.91. The number of carbonyl (C=O) groups excluding carboxylic acids is 4. The normalized spacial score (nSPS) is 15.1. The molecule has 5 amide bonds. The quantitative estimate of drug-likeness (QED) is 0.486. The number of nitrogens with zero attached hydrogens (tertiary/aromatic N) is 1. The molecule has 2 rings (SSSR count). The monoisotopic (exact) mass is 399 g/mol. The molecule has 0 aliphatic carbocycles. The SMILES string of the molecule is CNC(=O)N[C@@H](C(N)=O)C(=O)Nc1ccc(N2CCOCC2=O)c(C(F)F)c1. The van der Waals surface area contributed by atoms with Crippen LogP contribution in [0.2, 0.25) is 0 Å². The Hall–Kier alpha value is -3.28. The Kier molecular flexibility index (Phi) is 6.82. The minimum absolute atomic E-state index is 0.00349. The number of nitrogens with two attached hydrogens (primary N) is 1. The lowest BCUT2D eigenvalue weighted by Gasteiger charge is -2.29. The van der Waals surface area contributed by atoms with Gasteiger partial charge in [-0.05, 0) is 18.2 Å². The minimum Gasteiger partial charge on any atom is -0.370 e. The van der Waals surface area contributed by atoms with Gasteiger partial charge in [0.25, 0.3) is 18.2 Å². The number of morpholine rings is 1. The molecule has 0 spiro atoms. The Balaban J connectivity index is 2.25. The van der Waals surface area contributed by atoms with Crippen LogP contribution < -0.4 is 26.6 Å². The molecule has 0 aromatic heterocycles. The molecular formula is C16H19F2N5O5. The highest BCUT2D eigenvalue weighted by atomic mass is 19.3. The molecule has 1 aliphatic rings. The van der Waals surface area contributed by atoms with E-state index in [0.717, 1.165) is 6.07 Å². The van der Waals surface area contributed by atoms with Gasteiger partial charge in [0.05, 0.1) is 12.3 Å². The number of nitrogens with one attached hydrogen (secondary N) is 3. The van der Waals surface area contributed by atoms with Gasteiger partial charge >= 0.3 is 6.03 Å². The summed E-state index contributed by atoms with van der Waals surface area (Å²) in [7, 11) is 1.27. The molecule has 0 saturated carbocycles. The first-order valence-corrected chi connectivity index (χ1v) is 8.13. The van der Waals surface area contributed by atoms with Gasteiger partial charge in [0, 0.05) is 24.8 Å². The van der Waals surface area contributed by atoms with Crippen molar-refractivity contribution in [3.63, 3.8) is 0 Å². The lowest BCUT2D eigenvalue weighted by molar-refractivity contribution is -0.128. The van der Waals surface area contributed by atoms with Crippen molar-refractivity contribution in [3.8, 4) is 0 Å². The minimum atomic E-state index is -2.93. The van der Waals surface area contributed by atoms with Crippen molar-refractivity contribution in [1.82, 2.24) is 10.6 Å². The first-order chi connectivity index (χ1) is 13.2. The van der Waals surface area contributed by atoms with Crippen molar-refractivity contribution in [1.29, 1.82) is 0 Å². The van der Waals surface area contributed by atoms with E-state index in [1.165, 1.54) is 24.1 Å². The molecule has 28 heavy (non-hydrogen) atoms. The Bertz CT molecular complexity index is 789. The Morgan fingerprint density at radius 2 is 2.00 bits per heavy atom. The first-order valence-electron chi connectivity index (χ1n) is 8.13. The predicted octanol–water partition coefficient (Wildman–Crippen LogP) is -0.291. The molecule has 0 bridgehead atoms. The fraction of sp³-hybridized carbons (Fsp3) is 0.375. The topological polar surface area (TPSA) is 143 Å². The summed E-state index contributed by atoms with van der Waals surface area (Å²) in [5.74, 6) is -2.61. The van der Waals surface area contributed by atoms with E-state index in [-0.39, 0.29) is 31.1 Å². The van der Waals surface area contributed by atoms with E-state index in [4.69, 9.17) is 10.5 Å². The van der Waals surface area contributed by atoms with Crippen molar-refractivity contribution < 1.29 is 32.7 Å². The number of halogens is 2. The van der Waals surface area contributed by atoms with E-state index in [9.17, 15) is 28.0 Å². The number of hydrogen-bond donors (Lipinski definition) is 4. The molecular weight excluding hydrogens is 380 g/mol. The van der Waals surface area contributed by atoms with E-state index in [1.54, 1.807) is 0 Å². The molecule has 0 unspecified atom stereocenters. The smallest absolute Gasteiger partial charge is 0.315 e. The molecule has 1 heterocycles. The van der Waals surface area contributed by atoms with Crippen LogP contribution in [-0.4, -0.2) is 56.6 Å². The number of benzene rings is 1. The number of ether oxygens (including phenoxy) is 1. The summed E-state index contributed by atoms with van der Waals surface area (Å²) in [4.78, 5) is 48.0. The summed E-state index contributed by atoms with van der Waals surface area (Å²) in [6, 6.07) is 0.994. The fourth-order valence-corrected chi connectivity index (χ4v) is 2.51. The maximum atomic E-state index is 13.5. The number of hydrogen-bond acceptors (Lipinski definition) is 5. The summed E-state index contributed by atoms with van der Waals surface area (Å²) in [6.45, 7) is 0.106. The highest BCUT2D eigenvalue weighted by molar-refractivity contribution is 6.11. The standard InChI is InChI=1S/C16H19F2N5O5/c1-20-16(27)22-12(14(19)25)15(26)21-8-2-3-10(9(6-8)13(17)18)23-4-5-28-7-11(23)24/h2-3,6,12-13H,4-5,7H2,1H3,(H2,19,25)(H,21,26)(H2,20,22,27)/t12-/m0/s1. The van der Waals surface area contributed by atoms with Gasteiger partial charge in [-0.25, -0.2) is 13.6 Å². The second kappa shape index (κ2) is 9.08. The number of primary amides is 1. The third-order valence-corrected chi connectivity index (χ3v) is 3.86. The number of amides is 5. The zero-order chi connectivity index (χ0) is 20.8. The van der Waals surface area contributed by atoms with Crippen LogP contribution in [-0.2, 0) is 19.1 Å². The van der Waals surface area contributed by atoms with E-state index in [0.29, 0.717) is 0 Å². The summed E-state index contributed by atoms with van der Waals surface area (Å²) < 4.78 is 32.0. The zero-order valence-electron chi connectivity index (χ0n) is 14.8. The molecule has 0 radical (unpaired) electrons. The van der Waals surface area contributed by atoms with Crippen LogP contribution in [0.1, 0.15) is 12.0 Å². The van der Waals surface area contributed by atoms with Crippen LogP contribution >= 0.6 is 0 Å². The highest BCUT2D eigenvalue weighted by Crippen LogP contribution is 2.33. The second-order valence-corrected chi connectivity index (χ2v) is 5.72. The lowest BCUT2D eigenvalue weighted by Crippen LogP contribution is -2.53. The fourth-order valence-electron chi connectivity index (χ4n) is 2.51. The molecule has 5 N–H and O–H groups in total. The van der Waals surface area contributed by atoms with Crippen LogP contribution in [0.5, 0.6) is 0 Å². The Morgan fingerprint density at radius 1 is 1.29 bits per heavy atom. The molecule has 1 fully saturated rings. The van der Waals surface area contributed by atoms with E-state index >= 15 is 0 Å². The largest absolute Gasteiger partial charge is 0.370 e. The van der Waals surface area contributed by atoms with Gasteiger partial charge in [-0.3, -0.25) is 14.4 Å². The number of anilines is 2. The van der Waals surface area contributed by atoms with Crippen LogP contribution in [0, 0.1) is 0 Å². The van der Waals surface area contributed by atoms with Crippen molar-refractivity contribution in [2.45, 2.75) is 12.5 Å². The Morgan fingerprint density at radius 3 is 2.57 bits per heavy atom. The van der Waals surface area contributed by atoms with Gasteiger partial charge in [-0.2, -0.15) is 0 Å².